The van der Waals surface area contributed by atoms with E-state index in [-0.39, 0.29) is 24.7 Å². The first-order valence-corrected chi connectivity index (χ1v) is 6.48. The zero-order valence-corrected chi connectivity index (χ0v) is 11.0. The lowest BCUT2D eigenvalue weighted by Gasteiger charge is -2.29. The lowest BCUT2D eigenvalue weighted by Crippen LogP contribution is -2.37. The highest BCUT2D eigenvalue weighted by atomic mass is 16.5. The van der Waals surface area contributed by atoms with E-state index in [4.69, 9.17) is 14.9 Å². The van der Waals surface area contributed by atoms with Gasteiger partial charge in [0.2, 0.25) is 5.91 Å². The van der Waals surface area contributed by atoms with Crippen LogP contribution in [0.3, 0.4) is 0 Å². The van der Waals surface area contributed by atoms with Gasteiger partial charge in [0, 0.05) is 18.7 Å². The van der Waals surface area contributed by atoms with Gasteiger partial charge in [-0.25, -0.2) is 4.79 Å². The first-order valence-electron chi connectivity index (χ1n) is 6.48. The van der Waals surface area contributed by atoms with Crippen molar-refractivity contribution in [2.24, 2.45) is 0 Å². The van der Waals surface area contributed by atoms with Crippen LogP contribution in [-0.2, 0) is 16.0 Å². The number of aromatic carboxylic acids is 1. The maximum atomic E-state index is 11.9. The molecule has 0 bridgehead atoms. The van der Waals surface area contributed by atoms with Crippen LogP contribution in [0.15, 0.2) is 18.2 Å². The van der Waals surface area contributed by atoms with Gasteiger partial charge in [-0.1, -0.05) is 0 Å². The summed E-state index contributed by atoms with van der Waals surface area (Å²) >= 11 is 0. The monoisotopic (exact) mass is 279 g/mol. The van der Waals surface area contributed by atoms with E-state index in [1.165, 1.54) is 6.07 Å². The Kier molecular flexibility index (Phi) is 4.70. The molecule has 2 rings (SSSR count). The number of aliphatic hydroxyl groups is 1. The molecule has 1 aromatic carbocycles. The smallest absolute Gasteiger partial charge is 0.335 e. The number of hydrogen-bond acceptors (Lipinski definition) is 4. The molecule has 0 radical (unpaired) electrons. The SMILES string of the molecule is O=C(O)c1ccc2c(c1)CCC(=O)N2CCOCCO. The lowest BCUT2D eigenvalue weighted by atomic mass is 9.99. The maximum absolute atomic E-state index is 11.9. The zero-order chi connectivity index (χ0) is 14.5. The molecule has 1 aliphatic rings. The molecule has 0 aromatic heterocycles. The molecular weight excluding hydrogens is 262 g/mol. The summed E-state index contributed by atoms with van der Waals surface area (Å²) in [4.78, 5) is 24.5. The topological polar surface area (TPSA) is 87.1 Å². The van der Waals surface area contributed by atoms with Gasteiger partial charge in [-0.2, -0.15) is 0 Å². The van der Waals surface area contributed by atoms with Crippen molar-refractivity contribution in [2.75, 3.05) is 31.3 Å². The summed E-state index contributed by atoms with van der Waals surface area (Å²) < 4.78 is 5.17. The number of hydrogen-bond donors (Lipinski definition) is 2. The molecule has 108 valence electrons. The number of aryl methyl sites for hydroxylation is 1. The van der Waals surface area contributed by atoms with E-state index in [0.717, 1.165) is 11.3 Å². The van der Waals surface area contributed by atoms with E-state index in [2.05, 4.69) is 0 Å². The number of benzene rings is 1. The molecule has 0 unspecified atom stereocenters. The Morgan fingerprint density at radius 3 is 2.80 bits per heavy atom. The van der Waals surface area contributed by atoms with Crippen LogP contribution < -0.4 is 4.90 Å². The minimum Gasteiger partial charge on any atom is -0.478 e. The van der Waals surface area contributed by atoms with E-state index in [1.807, 2.05) is 0 Å². The van der Waals surface area contributed by atoms with Crippen LogP contribution in [0.25, 0.3) is 0 Å². The van der Waals surface area contributed by atoms with Crippen LogP contribution >= 0.6 is 0 Å². The summed E-state index contributed by atoms with van der Waals surface area (Å²) in [5.74, 6) is -0.962. The third kappa shape index (κ3) is 3.15. The first kappa shape index (κ1) is 14.5. The van der Waals surface area contributed by atoms with Crippen molar-refractivity contribution >= 4 is 17.6 Å². The van der Waals surface area contributed by atoms with Crippen LogP contribution in [0.5, 0.6) is 0 Å². The van der Waals surface area contributed by atoms with E-state index < -0.39 is 5.97 Å². The molecule has 0 saturated carbocycles. The normalized spacial score (nSPS) is 14.2. The number of ether oxygens (including phenoxy) is 1. The largest absolute Gasteiger partial charge is 0.478 e. The third-order valence-corrected chi connectivity index (χ3v) is 3.22. The molecule has 0 saturated heterocycles. The van der Waals surface area contributed by atoms with Crippen molar-refractivity contribution in [1.29, 1.82) is 0 Å². The zero-order valence-electron chi connectivity index (χ0n) is 11.0. The van der Waals surface area contributed by atoms with Gasteiger partial charge in [0.05, 0.1) is 25.4 Å². The number of carboxylic acid groups (broad SMARTS) is 1. The number of rotatable bonds is 6. The van der Waals surface area contributed by atoms with E-state index in [1.54, 1.807) is 17.0 Å². The van der Waals surface area contributed by atoms with Crippen LogP contribution in [-0.4, -0.2) is 48.5 Å². The van der Waals surface area contributed by atoms with Gasteiger partial charge in [0.25, 0.3) is 0 Å². The molecule has 0 spiro atoms. The predicted molar refractivity (Wildman–Crippen MR) is 72.0 cm³/mol. The van der Waals surface area contributed by atoms with Crippen molar-refractivity contribution in [3.63, 3.8) is 0 Å². The average Bonchev–Trinajstić information content (AvgIpc) is 2.44. The average molecular weight is 279 g/mol. The summed E-state index contributed by atoms with van der Waals surface area (Å²) in [6, 6.07) is 4.79. The summed E-state index contributed by atoms with van der Waals surface area (Å²) in [5.41, 5.74) is 1.85. The Bertz CT molecular complexity index is 514. The molecule has 1 amide bonds. The van der Waals surface area contributed by atoms with Gasteiger partial charge < -0.3 is 19.8 Å². The molecule has 2 N–H and O–H groups in total. The number of anilines is 1. The Hall–Kier alpha value is -1.92. The molecule has 6 heteroatoms. The van der Waals surface area contributed by atoms with Crippen molar-refractivity contribution < 1.29 is 24.5 Å². The van der Waals surface area contributed by atoms with Gasteiger partial charge in [0.15, 0.2) is 0 Å². The molecule has 0 fully saturated rings. The van der Waals surface area contributed by atoms with Crippen LogP contribution in [0, 0.1) is 0 Å². The number of carboxylic acids is 1. The van der Waals surface area contributed by atoms with E-state index >= 15 is 0 Å². The quantitative estimate of drug-likeness (QED) is 0.747. The van der Waals surface area contributed by atoms with Crippen molar-refractivity contribution in [2.45, 2.75) is 12.8 Å². The number of aliphatic hydroxyl groups excluding tert-OH is 1. The molecule has 1 heterocycles. The Morgan fingerprint density at radius 1 is 1.30 bits per heavy atom. The first-order chi connectivity index (χ1) is 9.63. The second-order valence-corrected chi connectivity index (χ2v) is 4.53. The minimum atomic E-state index is -0.970. The van der Waals surface area contributed by atoms with Gasteiger partial charge >= 0.3 is 5.97 Å². The van der Waals surface area contributed by atoms with Crippen LogP contribution in [0.1, 0.15) is 22.3 Å². The van der Waals surface area contributed by atoms with E-state index in [9.17, 15) is 9.59 Å². The fourth-order valence-electron chi connectivity index (χ4n) is 2.26. The van der Waals surface area contributed by atoms with Crippen molar-refractivity contribution in [3.05, 3.63) is 29.3 Å². The number of carbonyl (C=O) groups is 2. The third-order valence-electron chi connectivity index (χ3n) is 3.22. The Balaban J connectivity index is 2.14. The number of fused-ring (bicyclic) bond motifs is 1. The molecule has 0 aliphatic carbocycles. The maximum Gasteiger partial charge on any atom is 0.335 e. The summed E-state index contributed by atoms with van der Waals surface area (Å²) in [5, 5.41) is 17.6. The molecule has 6 nitrogen and oxygen atoms in total. The highest BCUT2D eigenvalue weighted by Crippen LogP contribution is 2.28. The Morgan fingerprint density at radius 2 is 2.10 bits per heavy atom. The number of nitrogens with zero attached hydrogens (tertiary/aromatic N) is 1. The Labute approximate surface area is 116 Å². The molecule has 1 aliphatic heterocycles. The predicted octanol–water partition coefficient (Wildman–Crippen LogP) is 0.673. The number of carbonyl (C=O) groups excluding carboxylic acids is 1. The number of amides is 1. The van der Waals surface area contributed by atoms with Crippen molar-refractivity contribution in [3.8, 4) is 0 Å². The summed E-state index contributed by atoms with van der Waals surface area (Å²) in [6.45, 7) is 0.935. The fourth-order valence-corrected chi connectivity index (χ4v) is 2.26. The lowest BCUT2D eigenvalue weighted by molar-refractivity contribution is -0.119. The van der Waals surface area contributed by atoms with Gasteiger partial charge in [0.1, 0.15) is 0 Å². The standard InChI is InChI=1S/C14H17NO5/c16-6-8-20-7-5-15-12-3-1-11(14(18)19)9-10(12)2-4-13(15)17/h1,3,9,16H,2,4-8H2,(H,18,19). The molecule has 0 atom stereocenters. The van der Waals surface area contributed by atoms with Gasteiger partial charge in [-0.15, -0.1) is 0 Å². The summed E-state index contributed by atoms with van der Waals surface area (Å²) in [7, 11) is 0. The second-order valence-electron chi connectivity index (χ2n) is 4.53. The second kappa shape index (κ2) is 6.49. The highest BCUT2D eigenvalue weighted by Gasteiger charge is 2.24. The molecular formula is C14H17NO5. The van der Waals surface area contributed by atoms with Gasteiger partial charge in [-0.3, -0.25) is 4.79 Å². The minimum absolute atomic E-state index is 0.00757. The molecule has 20 heavy (non-hydrogen) atoms. The van der Waals surface area contributed by atoms with Crippen LogP contribution in [0.4, 0.5) is 5.69 Å². The van der Waals surface area contributed by atoms with E-state index in [0.29, 0.717) is 26.0 Å². The van der Waals surface area contributed by atoms with Gasteiger partial charge in [-0.05, 0) is 30.2 Å². The molecule has 1 aromatic rings. The fraction of sp³-hybridized carbons (Fsp3) is 0.429. The summed E-state index contributed by atoms with van der Waals surface area (Å²) in [6.07, 6.45) is 0.930. The van der Waals surface area contributed by atoms with Crippen molar-refractivity contribution in [1.82, 2.24) is 0 Å². The van der Waals surface area contributed by atoms with Crippen LogP contribution in [0.2, 0.25) is 0 Å². The highest BCUT2D eigenvalue weighted by molar-refractivity contribution is 5.97.